The molecule has 0 aliphatic rings. The van der Waals surface area contributed by atoms with Crippen LogP contribution in [0.1, 0.15) is 15.9 Å². The lowest BCUT2D eigenvalue weighted by Crippen LogP contribution is -2.34. The van der Waals surface area contributed by atoms with E-state index in [-0.39, 0.29) is 11.3 Å². The summed E-state index contributed by atoms with van der Waals surface area (Å²) >= 11 is 5.99. The second-order valence-electron chi connectivity index (χ2n) is 4.20. The van der Waals surface area contributed by atoms with Crippen LogP contribution in [0.2, 0.25) is 0 Å². The maximum absolute atomic E-state index is 13.1. The Morgan fingerprint density at radius 2 is 2.22 bits per heavy atom. The molecule has 3 nitrogen and oxygen atoms in total. The highest BCUT2D eigenvalue weighted by Gasteiger charge is 2.17. The highest BCUT2D eigenvalue weighted by molar-refractivity contribution is 6.21. The molecule has 100 valence electrons. The van der Waals surface area contributed by atoms with E-state index in [9.17, 15) is 9.18 Å². The highest BCUT2D eigenvalue weighted by Crippen LogP contribution is 2.13. The van der Waals surface area contributed by atoms with Crippen molar-refractivity contribution < 1.29 is 13.9 Å². The van der Waals surface area contributed by atoms with E-state index in [1.807, 2.05) is 0 Å². The van der Waals surface area contributed by atoms with Gasteiger partial charge in [-0.3, -0.25) is 4.79 Å². The first-order valence-electron chi connectivity index (χ1n) is 5.60. The average molecular weight is 274 g/mol. The van der Waals surface area contributed by atoms with Gasteiger partial charge in [0.2, 0.25) is 0 Å². The molecule has 0 bridgehead atoms. The summed E-state index contributed by atoms with van der Waals surface area (Å²) in [5.74, 6) is -0.662. The van der Waals surface area contributed by atoms with Crippen LogP contribution in [-0.4, -0.2) is 43.5 Å². The molecule has 1 aromatic rings. The van der Waals surface area contributed by atoms with Gasteiger partial charge in [0.15, 0.2) is 0 Å². The van der Waals surface area contributed by atoms with Crippen molar-refractivity contribution in [3.63, 3.8) is 0 Å². The summed E-state index contributed by atoms with van der Waals surface area (Å²) in [6.45, 7) is 2.49. The largest absolute Gasteiger partial charge is 0.383 e. The molecule has 0 fully saturated rings. The van der Waals surface area contributed by atoms with E-state index >= 15 is 0 Å². The van der Waals surface area contributed by atoms with Crippen LogP contribution in [-0.2, 0) is 4.74 Å². The molecule has 18 heavy (non-hydrogen) atoms. The van der Waals surface area contributed by atoms with E-state index in [4.69, 9.17) is 16.3 Å². The molecule has 0 saturated carbocycles. The first kappa shape index (κ1) is 14.9. The predicted octanol–water partition coefficient (Wildman–Crippen LogP) is 2.46. The molecule has 0 heterocycles. The molecule has 5 heteroatoms. The van der Waals surface area contributed by atoms with Gasteiger partial charge in [0.05, 0.1) is 12.0 Å². The second-order valence-corrected chi connectivity index (χ2v) is 4.81. The maximum Gasteiger partial charge on any atom is 0.254 e. The van der Waals surface area contributed by atoms with Crippen molar-refractivity contribution in [2.45, 2.75) is 12.3 Å². The van der Waals surface area contributed by atoms with Crippen molar-refractivity contribution in [1.82, 2.24) is 4.90 Å². The Hall–Kier alpha value is -1.13. The fourth-order valence-electron chi connectivity index (χ4n) is 1.64. The summed E-state index contributed by atoms with van der Waals surface area (Å²) in [7, 11) is 3.19. The van der Waals surface area contributed by atoms with Crippen molar-refractivity contribution in [2.75, 3.05) is 27.3 Å². The zero-order valence-electron chi connectivity index (χ0n) is 10.7. The first-order chi connectivity index (χ1) is 8.45. The average Bonchev–Trinajstić information content (AvgIpc) is 2.31. The molecule has 1 atom stereocenters. The monoisotopic (exact) mass is 273 g/mol. The van der Waals surface area contributed by atoms with Gasteiger partial charge in [0.1, 0.15) is 5.82 Å². The van der Waals surface area contributed by atoms with Crippen LogP contribution in [0.15, 0.2) is 18.2 Å². The fraction of sp³-hybridized carbons (Fsp3) is 0.462. The standard InChI is InChI=1S/C13H17ClFNO2/c1-9-4-5-11(15)6-12(9)13(17)16(2)7-10(14)8-18-3/h4-6,10H,7-8H2,1-3H3. The molecule has 0 N–H and O–H groups in total. The minimum atomic E-state index is -0.420. The third-order valence-corrected chi connectivity index (χ3v) is 2.86. The lowest BCUT2D eigenvalue weighted by Gasteiger charge is -2.21. The number of hydrogen-bond donors (Lipinski definition) is 0. The minimum Gasteiger partial charge on any atom is -0.383 e. The summed E-state index contributed by atoms with van der Waals surface area (Å²) in [4.78, 5) is 13.6. The number of amides is 1. The third kappa shape index (κ3) is 3.96. The molecule has 0 saturated heterocycles. The quantitative estimate of drug-likeness (QED) is 0.772. The Morgan fingerprint density at radius 1 is 1.56 bits per heavy atom. The van der Waals surface area contributed by atoms with Crippen molar-refractivity contribution >= 4 is 17.5 Å². The zero-order chi connectivity index (χ0) is 13.7. The molecule has 1 unspecified atom stereocenters. The molecule has 1 amide bonds. The second kappa shape index (κ2) is 6.71. The molecule has 0 aromatic heterocycles. The topological polar surface area (TPSA) is 29.5 Å². The Bertz CT molecular complexity index is 425. The van der Waals surface area contributed by atoms with Crippen molar-refractivity contribution in [3.05, 3.63) is 35.1 Å². The highest BCUT2D eigenvalue weighted by atomic mass is 35.5. The number of carbonyl (C=O) groups excluding carboxylic acids is 1. The van der Waals surface area contributed by atoms with E-state index in [0.29, 0.717) is 18.7 Å². The van der Waals surface area contributed by atoms with Crippen molar-refractivity contribution in [1.29, 1.82) is 0 Å². The van der Waals surface area contributed by atoms with Gasteiger partial charge in [0, 0.05) is 26.3 Å². The van der Waals surface area contributed by atoms with Crippen LogP contribution in [0, 0.1) is 12.7 Å². The smallest absolute Gasteiger partial charge is 0.254 e. The molecular formula is C13H17ClFNO2. The zero-order valence-corrected chi connectivity index (χ0v) is 11.5. The van der Waals surface area contributed by atoms with Crippen molar-refractivity contribution in [2.24, 2.45) is 0 Å². The summed E-state index contributed by atoms with van der Waals surface area (Å²) in [6, 6.07) is 4.17. The molecule has 1 aromatic carbocycles. The van der Waals surface area contributed by atoms with Gasteiger partial charge >= 0.3 is 0 Å². The van der Waals surface area contributed by atoms with Gasteiger partial charge in [-0.05, 0) is 24.6 Å². The third-order valence-electron chi connectivity index (χ3n) is 2.60. The van der Waals surface area contributed by atoms with E-state index < -0.39 is 5.82 Å². The van der Waals surface area contributed by atoms with E-state index in [2.05, 4.69) is 0 Å². The van der Waals surface area contributed by atoms with Gasteiger partial charge < -0.3 is 9.64 Å². The van der Waals surface area contributed by atoms with Crippen molar-refractivity contribution in [3.8, 4) is 0 Å². The van der Waals surface area contributed by atoms with Gasteiger partial charge in [-0.1, -0.05) is 6.07 Å². The Balaban J connectivity index is 2.77. The number of carbonyl (C=O) groups is 1. The lowest BCUT2D eigenvalue weighted by atomic mass is 10.1. The number of alkyl halides is 1. The van der Waals surface area contributed by atoms with E-state index in [1.54, 1.807) is 27.1 Å². The first-order valence-corrected chi connectivity index (χ1v) is 6.04. The molecule has 0 spiro atoms. The van der Waals surface area contributed by atoms with E-state index in [1.165, 1.54) is 17.0 Å². The SMILES string of the molecule is COCC(Cl)CN(C)C(=O)c1cc(F)ccc1C. The van der Waals surface area contributed by atoms with Gasteiger partial charge in [0.25, 0.3) is 5.91 Å². The number of ether oxygens (including phenoxy) is 1. The summed E-state index contributed by atoms with van der Waals surface area (Å²) in [5.41, 5.74) is 1.10. The van der Waals surface area contributed by atoms with E-state index in [0.717, 1.165) is 5.56 Å². The Kier molecular flexibility index (Phi) is 5.56. The Labute approximate surface area is 111 Å². The van der Waals surface area contributed by atoms with Gasteiger partial charge in [-0.2, -0.15) is 0 Å². The van der Waals surface area contributed by atoms with Crippen LogP contribution in [0.25, 0.3) is 0 Å². The minimum absolute atomic E-state index is 0.242. The summed E-state index contributed by atoms with van der Waals surface area (Å²) < 4.78 is 18.0. The number of hydrogen-bond acceptors (Lipinski definition) is 2. The number of halogens is 2. The van der Waals surface area contributed by atoms with Crippen LogP contribution < -0.4 is 0 Å². The number of methoxy groups -OCH3 is 1. The molecule has 0 radical (unpaired) electrons. The normalized spacial score (nSPS) is 12.3. The number of nitrogens with zero attached hydrogens (tertiary/aromatic N) is 1. The number of aryl methyl sites for hydroxylation is 1. The van der Waals surface area contributed by atoms with Gasteiger partial charge in [-0.15, -0.1) is 11.6 Å². The van der Waals surface area contributed by atoms with Crippen LogP contribution in [0.4, 0.5) is 4.39 Å². The fourth-order valence-corrected chi connectivity index (χ4v) is 1.98. The number of benzene rings is 1. The molecular weight excluding hydrogens is 257 g/mol. The maximum atomic E-state index is 13.1. The van der Waals surface area contributed by atoms with Crippen LogP contribution in [0.3, 0.4) is 0 Å². The van der Waals surface area contributed by atoms with Crippen LogP contribution in [0.5, 0.6) is 0 Å². The molecule has 1 rings (SSSR count). The van der Waals surface area contributed by atoms with Gasteiger partial charge in [-0.25, -0.2) is 4.39 Å². The predicted molar refractivity (Wildman–Crippen MR) is 69.6 cm³/mol. The molecule has 0 aliphatic carbocycles. The van der Waals surface area contributed by atoms with Crippen LogP contribution >= 0.6 is 11.6 Å². The number of rotatable bonds is 5. The molecule has 0 aliphatic heterocycles. The Morgan fingerprint density at radius 3 is 2.83 bits per heavy atom. The summed E-state index contributed by atoms with van der Waals surface area (Å²) in [6.07, 6.45) is 0. The lowest BCUT2D eigenvalue weighted by molar-refractivity contribution is 0.0780. The summed E-state index contributed by atoms with van der Waals surface area (Å²) in [5, 5.41) is -0.280.